The van der Waals surface area contributed by atoms with E-state index in [0.29, 0.717) is 24.4 Å². The van der Waals surface area contributed by atoms with Crippen molar-refractivity contribution in [3.05, 3.63) is 35.4 Å². The Kier molecular flexibility index (Phi) is 4.84. The Balaban J connectivity index is 1.71. The normalized spacial score (nSPS) is 22.0. The van der Waals surface area contributed by atoms with Gasteiger partial charge >= 0.3 is 0 Å². The Hall–Kier alpha value is -1.02. The van der Waals surface area contributed by atoms with Gasteiger partial charge in [0.05, 0.1) is 0 Å². The van der Waals surface area contributed by atoms with E-state index in [1.54, 1.807) is 0 Å². The lowest BCUT2D eigenvalue weighted by atomic mass is 9.83. The number of hydrogen-bond donors (Lipinski definition) is 0. The number of aryl methyl sites for hydroxylation is 1. The molecule has 21 heavy (non-hydrogen) atoms. The zero-order chi connectivity index (χ0) is 14.7. The van der Waals surface area contributed by atoms with Crippen LogP contribution in [-0.2, 0) is 17.6 Å². The smallest absolute Gasteiger partial charge is 0.226 e. The summed E-state index contributed by atoms with van der Waals surface area (Å²) in [5.74, 6) is 1.05. The molecule has 0 radical (unpaired) electrons. The van der Waals surface area contributed by atoms with Gasteiger partial charge in [-0.05, 0) is 43.2 Å². The number of fused-ring (bicyclic) bond motifs is 1. The van der Waals surface area contributed by atoms with E-state index >= 15 is 0 Å². The Morgan fingerprint density at radius 1 is 1.14 bits per heavy atom. The fourth-order valence-corrected chi connectivity index (χ4v) is 4.10. The fraction of sp³-hybridized carbons (Fsp3) is 0.611. The van der Waals surface area contributed by atoms with E-state index in [1.807, 2.05) is 0 Å². The highest BCUT2D eigenvalue weighted by Gasteiger charge is 2.32. The molecule has 1 saturated carbocycles. The van der Waals surface area contributed by atoms with Gasteiger partial charge in [0.2, 0.25) is 5.91 Å². The SMILES string of the molecule is O=C(C1CCc2ccccc2C1)N(CCCl)C1CCCC1. The van der Waals surface area contributed by atoms with Gasteiger partial charge in [-0.25, -0.2) is 0 Å². The van der Waals surface area contributed by atoms with Crippen molar-refractivity contribution >= 4 is 17.5 Å². The molecule has 1 aromatic carbocycles. The molecule has 2 aliphatic carbocycles. The second-order valence-corrected chi connectivity index (χ2v) is 6.75. The number of hydrogen-bond acceptors (Lipinski definition) is 1. The van der Waals surface area contributed by atoms with E-state index in [4.69, 9.17) is 11.6 Å². The van der Waals surface area contributed by atoms with Crippen LogP contribution in [0.25, 0.3) is 0 Å². The van der Waals surface area contributed by atoms with Gasteiger partial charge in [0, 0.05) is 24.4 Å². The summed E-state index contributed by atoms with van der Waals surface area (Å²) in [5.41, 5.74) is 2.78. The van der Waals surface area contributed by atoms with Gasteiger partial charge in [0.15, 0.2) is 0 Å². The summed E-state index contributed by atoms with van der Waals surface area (Å²) in [4.78, 5) is 15.0. The van der Waals surface area contributed by atoms with Crippen molar-refractivity contribution in [2.45, 2.75) is 51.0 Å². The number of nitrogens with zero attached hydrogens (tertiary/aromatic N) is 1. The molecule has 3 heteroatoms. The van der Waals surface area contributed by atoms with E-state index < -0.39 is 0 Å². The van der Waals surface area contributed by atoms with Crippen molar-refractivity contribution in [1.82, 2.24) is 4.90 Å². The second kappa shape index (κ2) is 6.83. The van der Waals surface area contributed by atoms with Crippen molar-refractivity contribution in [3.8, 4) is 0 Å². The standard InChI is InChI=1S/C18H24ClNO/c19-11-12-20(17-7-3-4-8-17)18(21)16-10-9-14-5-1-2-6-15(14)13-16/h1-2,5-6,16-17H,3-4,7-13H2. The van der Waals surface area contributed by atoms with Crippen molar-refractivity contribution in [2.75, 3.05) is 12.4 Å². The van der Waals surface area contributed by atoms with Crippen LogP contribution in [0.4, 0.5) is 0 Å². The van der Waals surface area contributed by atoms with Gasteiger partial charge in [-0.15, -0.1) is 11.6 Å². The first-order chi connectivity index (χ1) is 10.3. The quantitative estimate of drug-likeness (QED) is 0.775. The summed E-state index contributed by atoms with van der Waals surface area (Å²) in [6.07, 6.45) is 7.75. The lowest BCUT2D eigenvalue weighted by Gasteiger charge is -2.34. The molecule has 0 bridgehead atoms. The molecular weight excluding hydrogens is 282 g/mol. The maximum Gasteiger partial charge on any atom is 0.226 e. The highest BCUT2D eigenvalue weighted by molar-refractivity contribution is 6.18. The van der Waals surface area contributed by atoms with Gasteiger partial charge in [0.1, 0.15) is 0 Å². The van der Waals surface area contributed by atoms with Gasteiger partial charge in [-0.2, -0.15) is 0 Å². The van der Waals surface area contributed by atoms with Crippen LogP contribution in [0.1, 0.15) is 43.2 Å². The summed E-state index contributed by atoms with van der Waals surface area (Å²) < 4.78 is 0. The lowest BCUT2D eigenvalue weighted by molar-refractivity contribution is -0.138. The number of rotatable bonds is 4. The molecule has 1 amide bonds. The van der Waals surface area contributed by atoms with Crippen LogP contribution in [0.3, 0.4) is 0 Å². The molecule has 2 aliphatic rings. The average Bonchev–Trinajstić information content (AvgIpc) is 3.05. The van der Waals surface area contributed by atoms with Crippen LogP contribution in [0.15, 0.2) is 24.3 Å². The fourth-order valence-electron chi connectivity index (χ4n) is 3.92. The average molecular weight is 306 g/mol. The minimum atomic E-state index is 0.156. The van der Waals surface area contributed by atoms with E-state index in [-0.39, 0.29) is 5.92 Å². The minimum Gasteiger partial charge on any atom is -0.338 e. The maximum absolute atomic E-state index is 13.0. The molecule has 0 saturated heterocycles. The Morgan fingerprint density at radius 3 is 2.57 bits per heavy atom. The van der Waals surface area contributed by atoms with Gasteiger partial charge in [-0.3, -0.25) is 4.79 Å². The highest BCUT2D eigenvalue weighted by atomic mass is 35.5. The molecule has 1 atom stereocenters. The van der Waals surface area contributed by atoms with Crippen LogP contribution in [0, 0.1) is 5.92 Å². The van der Waals surface area contributed by atoms with Crippen molar-refractivity contribution in [1.29, 1.82) is 0 Å². The number of halogens is 1. The monoisotopic (exact) mass is 305 g/mol. The summed E-state index contributed by atoms with van der Waals surface area (Å²) in [5, 5.41) is 0. The zero-order valence-corrected chi connectivity index (χ0v) is 13.3. The molecule has 0 aromatic heterocycles. The van der Waals surface area contributed by atoms with E-state index in [9.17, 15) is 4.79 Å². The Bertz CT molecular complexity index is 496. The number of amides is 1. The molecule has 1 aromatic rings. The summed E-state index contributed by atoms with van der Waals surface area (Å²) in [6.45, 7) is 0.712. The molecule has 1 unspecified atom stereocenters. The lowest BCUT2D eigenvalue weighted by Crippen LogP contribution is -2.44. The molecule has 1 fully saturated rings. The number of benzene rings is 1. The number of carbonyl (C=O) groups is 1. The Morgan fingerprint density at radius 2 is 1.86 bits per heavy atom. The zero-order valence-electron chi connectivity index (χ0n) is 12.6. The van der Waals surface area contributed by atoms with Crippen molar-refractivity contribution in [2.24, 2.45) is 5.92 Å². The molecule has 0 N–H and O–H groups in total. The van der Waals surface area contributed by atoms with Gasteiger partial charge in [0.25, 0.3) is 0 Å². The van der Waals surface area contributed by atoms with Crippen LogP contribution >= 0.6 is 11.6 Å². The van der Waals surface area contributed by atoms with E-state index in [0.717, 1.165) is 32.1 Å². The molecule has 2 nitrogen and oxygen atoms in total. The first-order valence-corrected chi connectivity index (χ1v) is 8.76. The number of alkyl halides is 1. The van der Waals surface area contributed by atoms with Crippen LogP contribution in [0.5, 0.6) is 0 Å². The minimum absolute atomic E-state index is 0.156. The summed E-state index contributed by atoms with van der Waals surface area (Å²) in [7, 11) is 0. The van der Waals surface area contributed by atoms with Gasteiger partial charge in [-0.1, -0.05) is 37.1 Å². The van der Waals surface area contributed by atoms with E-state index in [1.165, 1.54) is 24.0 Å². The molecule has 0 aliphatic heterocycles. The number of carbonyl (C=O) groups excluding carboxylic acids is 1. The second-order valence-electron chi connectivity index (χ2n) is 6.37. The van der Waals surface area contributed by atoms with Crippen molar-refractivity contribution < 1.29 is 4.79 Å². The third-order valence-electron chi connectivity index (χ3n) is 5.07. The van der Waals surface area contributed by atoms with Crippen LogP contribution in [0.2, 0.25) is 0 Å². The predicted molar refractivity (Wildman–Crippen MR) is 86.6 cm³/mol. The molecule has 114 valence electrons. The largest absolute Gasteiger partial charge is 0.338 e. The third kappa shape index (κ3) is 3.26. The molecule has 0 heterocycles. The summed E-state index contributed by atoms with van der Waals surface area (Å²) in [6, 6.07) is 8.99. The van der Waals surface area contributed by atoms with Crippen molar-refractivity contribution in [3.63, 3.8) is 0 Å². The third-order valence-corrected chi connectivity index (χ3v) is 5.24. The predicted octanol–water partition coefficient (Wildman–Crippen LogP) is 3.80. The van der Waals surface area contributed by atoms with Crippen LogP contribution in [-0.4, -0.2) is 29.3 Å². The van der Waals surface area contributed by atoms with E-state index in [2.05, 4.69) is 29.2 Å². The maximum atomic E-state index is 13.0. The molecule has 3 rings (SSSR count). The first-order valence-electron chi connectivity index (χ1n) is 8.23. The topological polar surface area (TPSA) is 20.3 Å². The van der Waals surface area contributed by atoms with Crippen LogP contribution < -0.4 is 0 Å². The molecule has 0 spiro atoms. The Labute approximate surface area is 132 Å². The highest BCUT2D eigenvalue weighted by Crippen LogP contribution is 2.30. The molecular formula is C18H24ClNO. The first kappa shape index (κ1) is 14.9. The van der Waals surface area contributed by atoms with Gasteiger partial charge < -0.3 is 4.90 Å². The summed E-state index contributed by atoms with van der Waals surface area (Å²) >= 11 is 5.94.